The smallest absolute Gasteiger partial charge is 0.336 e. The number of carboxylic acids is 1. The Labute approximate surface area is 210 Å². The number of fused-ring (bicyclic) bond motifs is 2. The maximum absolute atomic E-state index is 12.2. The average Bonchev–Trinajstić information content (AvgIpc) is 2.88. The van der Waals surface area contributed by atoms with Crippen LogP contribution in [0.5, 0.6) is 0 Å². The molecule has 1 N–H and O–H groups in total. The lowest BCUT2D eigenvalue weighted by Crippen LogP contribution is -2.29. The van der Waals surface area contributed by atoms with Crippen LogP contribution in [0, 0.1) is 0 Å². The molecule has 0 fully saturated rings. The van der Waals surface area contributed by atoms with Gasteiger partial charge in [-0.05, 0) is 69.7 Å². The molecule has 0 spiro atoms. The summed E-state index contributed by atoms with van der Waals surface area (Å²) in [5.74, 6) is -0.410. The summed E-state index contributed by atoms with van der Waals surface area (Å²) in [7, 11) is 0. The molecule has 1 aliphatic carbocycles. The fourth-order valence-electron chi connectivity index (χ4n) is 4.78. The number of isocyanates is 1. The second-order valence-corrected chi connectivity index (χ2v) is 8.42. The summed E-state index contributed by atoms with van der Waals surface area (Å²) < 4.78 is 8.69. The molecule has 2 aromatic rings. The van der Waals surface area contributed by atoms with E-state index in [0.29, 0.717) is 22.6 Å². The quantitative estimate of drug-likeness (QED) is 0.154. The minimum absolute atomic E-state index is 0.120. The van der Waals surface area contributed by atoms with E-state index in [1.165, 1.54) is 12.1 Å². The summed E-state index contributed by atoms with van der Waals surface area (Å²) in [5, 5.41) is 11.8. The molecule has 0 aromatic heterocycles. The zero-order chi connectivity index (χ0) is 25.8. The Morgan fingerprint density at radius 1 is 0.972 bits per heavy atom. The van der Waals surface area contributed by atoms with Gasteiger partial charge in [0.05, 0.1) is 17.3 Å². The Bertz CT molecular complexity index is 1520. The predicted octanol–water partition coefficient (Wildman–Crippen LogP) is 5.53. The van der Waals surface area contributed by atoms with Crippen molar-refractivity contribution in [3.05, 3.63) is 65.5 Å². The number of aliphatic imine (C=N–C) groups is 1. The number of nitrogens with zero attached hydrogens (tertiary/aromatic N) is 3. The highest BCUT2D eigenvalue weighted by molar-refractivity contribution is 6.08. The topological polar surface area (TPSA) is 86.1 Å². The van der Waals surface area contributed by atoms with E-state index < -0.39 is 5.97 Å². The maximum Gasteiger partial charge on any atom is 0.336 e. The second kappa shape index (κ2) is 10.6. The van der Waals surface area contributed by atoms with E-state index in [1.807, 2.05) is 36.4 Å². The summed E-state index contributed by atoms with van der Waals surface area (Å²) >= 11 is 0. The summed E-state index contributed by atoms with van der Waals surface area (Å²) in [6.07, 6.45) is 1.55. The van der Waals surface area contributed by atoms with Crippen LogP contribution in [0.3, 0.4) is 0 Å². The first-order valence-corrected chi connectivity index (χ1v) is 12.2. The van der Waals surface area contributed by atoms with Gasteiger partial charge in [-0.3, -0.25) is 0 Å². The number of carbonyl (C=O) groups excluding carboxylic acids is 1. The molecular formula is C29H30N3O4+. The van der Waals surface area contributed by atoms with Crippen LogP contribution in [0.1, 0.15) is 38.1 Å². The Morgan fingerprint density at radius 3 is 2.36 bits per heavy atom. The van der Waals surface area contributed by atoms with Crippen LogP contribution in [0.2, 0.25) is 0 Å². The van der Waals surface area contributed by atoms with Crippen molar-refractivity contribution >= 4 is 34.4 Å². The summed E-state index contributed by atoms with van der Waals surface area (Å²) in [4.78, 5) is 29.2. The third-order valence-corrected chi connectivity index (χ3v) is 6.62. The van der Waals surface area contributed by atoms with Crippen LogP contribution < -0.4 is 14.8 Å². The second-order valence-electron chi connectivity index (χ2n) is 8.42. The fraction of sp³-hybridized carbons (Fsp3) is 0.276. The van der Waals surface area contributed by atoms with Crippen LogP contribution in [0.15, 0.2) is 64.0 Å². The Hall–Kier alpha value is -4.22. The van der Waals surface area contributed by atoms with Gasteiger partial charge in [-0.1, -0.05) is 0 Å². The molecule has 0 amide bonds. The molecule has 0 radical (unpaired) electrons. The molecule has 2 aliphatic rings. The van der Waals surface area contributed by atoms with Gasteiger partial charge in [-0.15, -0.1) is 0 Å². The number of carbonyl (C=O) groups is 1. The molecule has 0 atom stereocenters. The zero-order valence-electron chi connectivity index (χ0n) is 21.0. The zero-order valence-corrected chi connectivity index (χ0v) is 21.0. The largest absolute Gasteiger partial charge is 0.478 e. The minimum atomic E-state index is -1.06. The van der Waals surface area contributed by atoms with E-state index in [9.17, 15) is 14.7 Å². The highest BCUT2D eigenvalue weighted by Crippen LogP contribution is 2.43. The van der Waals surface area contributed by atoms with Gasteiger partial charge in [0.2, 0.25) is 11.4 Å². The predicted molar refractivity (Wildman–Crippen MR) is 143 cm³/mol. The first-order chi connectivity index (χ1) is 17.4. The molecule has 2 aromatic carbocycles. The van der Waals surface area contributed by atoms with Crippen molar-refractivity contribution in [1.82, 2.24) is 4.58 Å². The highest BCUT2D eigenvalue weighted by Gasteiger charge is 2.23. The van der Waals surface area contributed by atoms with Crippen molar-refractivity contribution in [2.24, 2.45) is 4.99 Å². The molecule has 0 saturated heterocycles. The fourth-order valence-corrected chi connectivity index (χ4v) is 4.78. The molecule has 184 valence electrons. The molecule has 0 bridgehead atoms. The van der Waals surface area contributed by atoms with Gasteiger partial charge >= 0.3 is 5.97 Å². The molecule has 1 heterocycles. The van der Waals surface area contributed by atoms with Gasteiger partial charge in [0, 0.05) is 47.4 Å². The van der Waals surface area contributed by atoms with E-state index in [0.717, 1.165) is 53.7 Å². The lowest BCUT2D eigenvalue weighted by atomic mass is 9.90. The number of hydrogen-bond acceptors (Lipinski definition) is 5. The molecule has 0 saturated carbocycles. The summed E-state index contributed by atoms with van der Waals surface area (Å²) in [6.45, 7) is 11.8. The Kier molecular flexibility index (Phi) is 7.32. The van der Waals surface area contributed by atoms with Crippen LogP contribution in [-0.2, 0) is 4.79 Å². The van der Waals surface area contributed by atoms with E-state index in [1.54, 1.807) is 12.1 Å². The normalized spacial score (nSPS) is 10.9. The summed E-state index contributed by atoms with van der Waals surface area (Å²) in [5.41, 5.74) is 4.11. The van der Waals surface area contributed by atoms with E-state index in [2.05, 4.69) is 42.2 Å². The van der Waals surface area contributed by atoms with Gasteiger partial charge in [0.25, 0.3) is 0 Å². The van der Waals surface area contributed by atoms with Crippen molar-refractivity contribution in [2.75, 3.05) is 31.1 Å². The Balaban J connectivity index is 2.17. The van der Waals surface area contributed by atoms with E-state index in [-0.39, 0.29) is 5.56 Å². The maximum atomic E-state index is 12.2. The molecule has 7 heteroatoms. The first kappa shape index (κ1) is 24.9. The van der Waals surface area contributed by atoms with Gasteiger partial charge in [-0.25, -0.2) is 14.2 Å². The van der Waals surface area contributed by atoms with Crippen LogP contribution in [0.4, 0.5) is 11.4 Å². The van der Waals surface area contributed by atoms with Crippen LogP contribution in [-0.4, -0.2) is 43.3 Å². The molecule has 0 unspecified atom stereocenters. The highest BCUT2D eigenvalue weighted by atomic mass is 16.4. The average molecular weight is 485 g/mol. The molecule has 36 heavy (non-hydrogen) atoms. The van der Waals surface area contributed by atoms with Crippen molar-refractivity contribution in [3.8, 4) is 22.5 Å². The van der Waals surface area contributed by atoms with Crippen molar-refractivity contribution in [2.45, 2.75) is 27.7 Å². The molecule has 1 aliphatic heterocycles. The number of benzene rings is 3. The molecule has 7 nitrogen and oxygen atoms in total. The number of rotatable bonds is 8. The monoisotopic (exact) mass is 484 g/mol. The van der Waals surface area contributed by atoms with Gasteiger partial charge in [-0.2, -0.15) is 4.99 Å². The molecular weight excluding hydrogens is 454 g/mol. The number of hydrogen-bond donors (Lipinski definition) is 1. The van der Waals surface area contributed by atoms with Gasteiger partial charge in [0.1, 0.15) is 24.4 Å². The summed E-state index contributed by atoms with van der Waals surface area (Å²) in [6, 6.07) is 16.6. The third kappa shape index (κ3) is 4.53. The van der Waals surface area contributed by atoms with Crippen LogP contribution >= 0.6 is 0 Å². The first-order valence-electron chi connectivity index (χ1n) is 12.2. The third-order valence-electron chi connectivity index (χ3n) is 6.62. The Morgan fingerprint density at radius 2 is 1.72 bits per heavy atom. The van der Waals surface area contributed by atoms with Crippen LogP contribution in [0.25, 0.3) is 33.4 Å². The van der Waals surface area contributed by atoms with Crippen molar-refractivity contribution in [3.63, 3.8) is 0 Å². The number of anilines is 1. The standard InChI is InChI=1S/C29H29N3O4/c1-5-31(6-2)20-10-13-23-26(16-20)36-27-17-21(32(7-3)8-4)11-14-24(27)28(23)25-15-19(30-18-33)9-12-22(25)29(34)35/h9-17H,5-8H2,1-4H3/p+1. The van der Waals surface area contributed by atoms with Gasteiger partial charge in [0.15, 0.2) is 0 Å². The lowest BCUT2D eigenvalue weighted by molar-refractivity contribution is 0.0697. The SMILES string of the molecule is CCN(CC)c1ccc2c(-c3cc(N=C=O)ccc3C(=O)O)c3ccc(=[N+](CC)CC)cc-3oc2c1. The van der Waals surface area contributed by atoms with Crippen molar-refractivity contribution in [1.29, 1.82) is 0 Å². The van der Waals surface area contributed by atoms with E-state index in [4.69, 9.17) is 4.42 Å². The molecule has 4 rings (SSSR count). The number of aromatic carboxylic acids is 1. The number of carboxylic acid groups (broad SMARTS) is 1. The van der Waals surface area contributed by atoms with Gasteiger partial charge < -0.3 is 14.4 Å². The lowest BCUT2D eigenvalue weighted by Gasteiger charge is -2.22. The van der Waals surface area contributed by atoms with Crippen molar-refractivity contribution < 1.29 is 19.1 Å². The van der Waals surface area contributed by atoms with E-state index >= 15 is 0 Å². The minimum Gasteiger partial charge on any atom is -0.478 e.